The molecule has 2 rings (SSSR count). The van der Waals surface area contributed by atoms with E-state index in [-0.39, 0.29) is 4.90 Å². The molecule has 0 amide bonds. The van der Waals surface area contributed by atoms with Crippen LogP contribution < -0.4 is 15.8 Å². The van der Waals surface area contributed by atoms with E-state index in [1.54, 1.807) is 30.5 Å². The SMILES string of the molecule is Nc1cc(OCCCNCc2ccc(S(=O)(=O)F)cc2)ccn1. The lowest BCUT2D eigenvalue weighted by molar-refractivity contribution is 0.308. The zero-order valence-corrected chi connectivity index (χ0v) is 13.2. The van der Waals surface area contributed by atoms with Crippen molar-refractivity contribution in [2.45, 2.75) is 17.9 Å². The first-order valence-electron chi connectivity index (χ1n) is 7.04. The molecule has 1 heterocycles. The highest BCUT2D eigenvalue weighted by Gasteiger charge is 2.10. The van der Waals surface area contributed by atoms with E-state index in [0.717, 1.165) is 18.5 Å². The molecule has 6 nitrogen and oxygen atoms in total. The van der Waals surface area contributed by atoms with Crippen LogP contribution in [0.1, 0.15) is 12.0 Å². The summed E-state index contributed by atoms with van der Waals surface area (Å²) in [5.74, 6) is 1.10. The van der Waals surface area contributed by atoms with E-state index in [4.69, 9.17) is 10.5 Å². The van der Waals surface area contributed by atoms with Gasteiger partial charge in [0, 0.05) is 18.8 Å². The summed E-state index contributed by atoms with van der Waals surface area (Å²) in [4.78, 5) is 3.55. The maximum absolute atomic E-state index is 12.7. The number of pyridine rings is 1. The normalized spacial score (nSPS) is 11.3. The van der Waals surface area contributed by atoms with Crippen molar-refractivity contribution in [2.75, 3.05) is 18.9 Å². The number of anilines is 1. The standard InChI is InChI=1S/C15H18FN3O3S/c16-23(20,21)14-4-2-12(3-5-14)11-18-7-1-9-22-13-6-8-19-15(17)10-13/h2-6,8,10,18H,1,7,9,11H2,(H2,17,19). The summed E-state index contributed by atoms with van der Waals surface area (Å²) in [5.41, 5.74) is 6.42. The third kappa shape index (κ3) is 5.84. The minimum absolute atomic E-state index is 0.328. The van der Waals surface area contributed by atoms with E-state index in [1.165, 1.54) is 12.1 Å². The molecule has 0 aliphatic rings. The number of rotatable bonds is 8. The smallest absolute Gasteiger partial charge is 0.332 e. The Kier molecular flexibility index (Phi) is 5.89. The molecule has 3 N–H and O–H groups in total. The fourth-order valence-corrected chi connectivity index (χ4v) is 2.37. The van der Waals surface area contributed by atoms with Crippen LogP contribution in [0.2, 0.25) is 0 Å². The highest BCUT2D eigenvalue weighted by Crippen LogP contribution is 2.13. The highest BCUT2D eigenvalue weighted by atomic mass is 32.3. The van der Waals surface area contributed by atoms with Crippen molar-refractivity contribution in [2.24, 2.45) is 0 Å². The summed E-state index contributed by atoms with van der Waals surface area (Å²) in [7, 11) is -4.63. The number of aromatic nitrogens is 1. The number of nitrogens with zero attached hydrogens (tertiary/aromatic N) is 1. The average molecular weight is 339 g/mol. The number of nitrogens with two attached hydrogens (primary N) is 1. The van der Waals surface area contributed by atoms with Crippen molar-refractivity contribution in [3.8, 4) is 5.75 Å². The molecule has 124 valence electrons. The van der Waals surface area contributed by atoms with Crippen LogP contribution in [0.4, 0.5) is 9.70 Å². The van der Waals surface area contributed by atoms with Gasteiger partial charge in [0.1, 0.15) is 11.6 Å². The zero-order valence-electron chi connectivity index (χ0n) is 12.4. The van der Waals surface area contributed by atoms with Crippen LogP contribution in [0.15, 0.2) is 47.5 Å². The monoisotopic (exact) mass is 339 g/mol. The van der Waals surface area contributed by atoms with Crippen LogP contribution in [0.3, 0.4) is 0 Å². The molecule has 0 spiro atoms. The van der Waals surface area contributed by atoms with Gasteiger partial charge in [0.2, 0.25) is 0 Å². The van der Waals surface area contributed by atoms with Gasteiger partial charge in [-0.3, -0.25) is 0 Å². The second-order valence-electron chi connectivity index (χ2n) is 4.88. The number of hydrogen-bond acceptors (Lipinski definition) is 6. The van der Waals surface area contributed by atoms with Gasteiger partial charge in [-0.1, -0.05) is 12.1 Å². The Balaban J connectivity index is 1.66. The first kappa shape index (κ1) is 17.2. The van der Waals surface area contributed by atoms with Gasteiger partial charge in [-0.25, -0.2) is 4.98 Å². The Morgan fingerprint density at radius 1 is 1.22 bits per heavy atom. The third-order valence-corrected chi connectivity index (χ3v) is 3.89. The average Bonchev–Trinajstić information content (AvgIpc) is 2.50. The van der Waals surface area contributed by atoms with Crippen molar-refractivity contribution in [3.63, 3.8) is 0 Å². The lowest BCUT2D eigenvalue weighted by Gasteiger charge is -2.08. The van der Waals surface area contributed by atoms with Crippen molar-refractivity contribution in [1.29, 1.82) is 0 Å². The Morgan fingerprint density at radius 2 is 1.96 bits per heavy atom. The van der Waals surface area contributed by atoms with Crippen molar-refractivity contribution >= 4 is 16.0 Å². The Morgan fingerprint density at radius 3 is 2.61 bits per heavy atom. The molecule has 0 atom stereocenters. The molecule has 0 radical (unpaired) electrons. The van der Waals surface area contributed by atoms with E-state index >= 15 is 0 Å². The predicted molar refractivity (Wildman–Crippen MR) is 85.2 cm³/mol. The number of ether oxygens (including phenoxy) is 1. The quantitative estimate of drug-likeness (QED) is 0.563. The molecule has 0 aliphatic carbocycles. The van der Waals surface area contributed by atoms with Gasteiger partial charge in [0.05, 0.1) is 11.5 Å². The number of hydrogen-bond donors (Lipinski definition) is 2. The molecule has 8 heteroatoms. The lowest BCUT2D eigenvalue weighted by atomic mass is 10.2. The zero-order chi connectivity index (χ0) is 16.7. The maximum atomic E-state index is 12.7. The lowest BCUT2D eigenvalue weighted by Crippen LogP contribution is -2.17. The minimum atomic E-state index is -4.63. The molecule has 0 unspecified atom stereocenters. The van der Waals surface area contributed by atoms with Crippen LogP contribution in [0.5, 0.6) is 5.75 Å². The van der Waals surface area contributed by atoms with Crippen LogP contribution in [-0.2, 0) is 16.8 Å². The summed E-state index contributed by atoms with van der Waals surface area (Å²) >= 11 is 0. The van der Waals surface area contributed by atoms with Crippen LogP contribution >= 0.6 is 0 Å². The molecular formula is C15H18FN3O3S. The number of benzene rings is 1. The molecule has 1 aromatic carbocycles. The topological polar surface area (TPSA) is 94.3 Å². The number of nitrogen functional groups attached to an aromatic ring is 1. The van der Waals surface area contributed by atoms with Gasteiger partial charge >= 0.3 is 10.2 Å². The largest absolute Gasteiger partial charge is 0.493 e. The van der Waals surface area contributed by atoms with Gasteiger partial charge in [-0.2, -0.15) is 8.42 Å². The van der Waals surface area contributed by atoms with E-state index < -0.39 is 10.2 Å². The van der Waals surface area contributed by atoms with Crippen molar-refractivity contribution in [1.82, 2.24) is 10.3 Å². The predicted octanol–water partition coefficient (Wildman–Crippen LogP) is 1.88. The molecule has 2 aromatic rings. The Bertz CT molecular complexity index is 736. The van der Waals surface area contributed by atoms with E-state index in [9.17, 15) is 12.3 Å². The van der Waals surface area contributed by atoms with E-state index in [0.29, 0.717) is 24.7 Å². The third-order valence-electron chi connectivity index (χ3n) is 3.05. The summed E-state index contributed by atoms with van der Waals surface area (Å²) in [5, 5.41) is 3.20. The van der Waals surface area contributed by atoms with Gasteiger partial charge in [-0.15, -0.1) is 3.89 Å². The molecular weight excluding hydrogens is 321 g/mol. The molecule has 0 aliphatic heterocycles. The summed E-state index contributed by atoms with van der Waals surface area (Å²) in [6.07, 6.45) is 2.38. The van der Waals surface area contributed by atoms with Gasteiger partial charge in [0.25, 0.3) is 0 Å². The summed E-state index contributed by atoms with van der Waals surface area (Å²) < 4.78 is 39.7. The fraction of sp³-hybridized carbons (Fsp3) is 0.267. The molecule has 0 bridgehead atoms. The van der Waals surface area contributed by atoms with Gasteiger partial charge < -0.3 is 15.8 Å². The summed E-state index contributed by atoms with van der Waals surface area (Å²) in [6, 6.07) is 9.07. The van der Waals surface area contributed by atoms with E-state index in [1.807, 2.05) is 0 Å². The maximum Gasteiger partial charge on any atom is 0.332 e. The van der Waals surface area contributed by atoms with Crippen LogP contribution in [0.25, 0.3) is 0 Å². The van der Waals surface area contributed by atoms with Crippen molar-refractivity contribution < 1.29 is 17.0 Å². The molecule has 0 saturated heterocycles. The van der Waals surface area contributed by atoms with Gasteiger partial charge in [0.15, 0.2) is 0 Å². The molecule has 0 saturated carbocycles. The fourth-order valence-electron chi connectivity index (χ4n) is 1.91. The first-order valence-corrected chi connectivity index (χ1v) is 8.42. The second-order valence-corrected chi connectivity index (χ2v) is 6.22. The second kappa shape index (κ2) is 7.89. The molecule has 0 fully saturated rings. The number of nitrogens with one attached hydrogen (secondary N) is 1. The van der Waals surface area contributed by atoms with Gasteiger partial charge in [-0.05, 0) is 36.7 Å². The Labute approximate surface area is 134 Å². The minimum Gasteiger partial charge on any atom is -0.493 e. The van der Waals surface area contributed by atoms with Crippen LogP contribution in [0, 0.1) is 0 Å². The number of halogens is 1. The first-order chi connectivity index (χ1) is 10.9. The summed E-state index contributed by atoms with van der Waals surface area (Å²) in [6.45, 7) is 1.83. The molecule has 1 aromatic heterocycles. The Hall–Kier alpha value is -2.19. The highest BCUT2D eigenvalue weighted by molar-refractivity contribution is 7.86. The van der Waals surface area contributed by atoms with E-state index in [2.05, 4.69) is 10.3 Å². The molecule has 23 heavy (non-hydrogen) atoms. The van der Waals surface area contributed by atoms with Crippen LogP contribution in [-0.4, -0.2) is 26.6 Å². The van der Waals surface area contributed by atoms with Crippen molar-refractivity contribution in [3.05, 3.63) is 48.2 Å².